The summed E-state index contributed by atoms with van der Waals surface area (Å²) < 4.78 is 34.0. The molecule has 0 spiro atoms. The Morgan fingerprint density at radius 1 is 1.08 bits per heavy atom. The summed E-state index contributed by atoms with van der Waals surface area (Å²) in [5, 5.41) is 0. The molecular formula is C18H22N2O3S. The quantitative estimate of drug-likeness (QED) is 0.927. The molecule has 128 valence electrons. The number of rotatable bonds is 3. The summed E-state index contributed by atoms with van der Waals surface area (Å²) in [5.41, 5.74) is 4.20. The molecule has 0 saturated carbocycles. The summed E-state index contributed by atoms with van der Waals surface area (Å²) in [7, 11) is -1.70. The summed E-state index contributed by atoms with van der Waals surface area (Å²) in [5.74, 6) is 0.607. The second kappa shape index (κ2) is 6.02. The van der Waals surface area contributed by atoms with Gasteiger partial charge in [0.1, 0.15) is 12.4 Å². The number of nitrogens with one attached hydrogen (secondary N) is 1. The first-order valence-corrected chi connectivity index (χ1v) is 9.35. The number of aryl methyl sites for hydroxylation is 3. The van der Waals surface area contributed by atoms with Gasteiger partial charge in [0.2, 0.25) is 0 Å². The molecule has 0 amide bonds. The van der Waals surface area contributed by atoms with E-state index >= 15 is 0 Å². The van der Waals surface area contributed by atoms with Crippen molar-refractivity contribution >= 4 is 21.4 Å². The standard InChI is InChI=1S/C18H22N2O3S/c1-12-5-6-15(13(2)9-12)19-24(21,22)18-11-17-16(10-14(18)3)20(4)7-8-23-17/h5-6,9-11,19H,7-8H2,1-4H3. The Kier molecular flexibility index (Phi) is 4.17. The number of hydrogen-bond donors (Lipinski definition) is 1. The molecule has 5 nitrogen and oxygen atoms in total. The van der Waals surface area contributed by atoms with Crippen molar-refractivity contribution < 1.29 is 13.2 Å². The van der Waals surface area contributed by atoms with Gasteiger partial charge < -0.3 is 9.64 Å². The van der Waals surface area contributed by atoms with Crippen LogP contribution >= 0.6 is 0 Å². The maximum atomic E-state index is 12.8. The van der Waals surface area contributed by atoms with Crippen molar-refractivity contribution in [2.24, 2.45) is 0 Å². The molecule has 2 aromatic rings. The monoisotopic (exact) mass is 346 g/mol. The Labute approximate surface area is 143 Å². The minimum absolute atomic E-state index is 0.247. The van der Waals surface area contributed by atoms with Gasteiger partial charge in [0.05, 0.1) is 22.8 Å². The number of fused-ring (bicyclic) bond motifs is 1. The highest BCUT2D eigenvalue weighted by molar-refractivity contribution is 7.92. The van der Waals surface area contributed by atoms with E-state index in [1.165, 1.54) is 0 Å². The average Bonchev–Trinajstić information content (AvgIpc) is 2.50. The van der Waals surface area contributed by atoms with Gasteiger partial charge in [-0.2, -0.15) is 0 Å². The van der Waals surface area contributed by atoms with Crippen molar-refractivity contribution in [2.45, 2.75) is 25.7 Å². The largest absolute Gasteiger partial charge is 0.490 e. The van der Waals surface area contributed by atoms with Gasteiger partial charge in [-0.25, -0.2) is 8.42 Å². The fourth-order valence-electron chi connectivity index (χ4n) is 2.90. The van der Waals surface area contributed by atoms with Crippen molar-refractivity contribution in [2.75, 3.05) is 29.8 Å². The van der Waals surface area contributed by atoms with Gasteiger partial charge in [-0.15, -0.1) is 0 Å². The molecule has 1 heterocycles. The number of anilines is 2. The van der Waals surface area contributed by atoms with E-state index in [-0.39, 0.29) is 4.90 Å². The van der Waals surface area contributed by atoms with Gasteiger partial charge in [-0.05, 0) is 44.0 Å². The SMILES string of the molecule is Cc1ccc(NS(=O)(=O)c2cc3c(cc2C)N(C)CCO3)c(C)c1. The molecule has 1 N–H and O–H groups in total. The van der Waals surface area contributed by atoms with Crippen LogP contribution in [0.1, 0.15) is 16.7 Å². The first-order chi connectivity index (χ1) is 11.3. The van der Waals surface area contributed by atoms with Gasteiger partial charge in [0.25, 0.3) is 10.0 Å². The summed E-state index contributed by atoms with van der Waals surface area (Å²) in [4.78, 5) is 2.32. The lowest BCUT2D eigenvalue weighted by Gasteiger charge is -2.28. The summed E-state index contributed by atoms with van der Waals surface area (Å²) >= 11 is 0. The zero-order valence-corrected chi connectivity index (χ0v) is 15.2. The van der Waals surface area contributed by atoms with Gasteiger partial charge in [0, 0.05) is 13.1 Å². The first-order valence-electron chi connectivity index (χ1n) is 7.86. The van der Waals surface area contributed by atoms with Crippen LogP contribution in [-0.2, 0) is 10.0 Å². The second-order valence-electron chi connectivity index (χ2n) is 6.28. The Balaban J connectivity index is 2.01. The molecule has 0 aromatic heterocycles. The van der Waals surface area contributed by atoms with Crippen molar-refractivity contribution in [3.05, 3.63) is 47.0 Å². The third-order valence-corrected chi connectivity index (χ3v) is 5.78. The van der Waals surface area contributed by atoms with E-state index in [0.717, 1.165) is 23.4 Å². The topological polar surface area (TPSA) is 58.6 Å². The van der Waals surface area contributed by atoms with Gasteiger partial charge in [0.15, 0.2) is 0 Å². The minimum atomic E-state index is -3.68. The average molecular weight is 346 g/mol. The van der Waals surface area contributed by atoms with E-state index in [2.05, 4.69) is 9.62 Å². The van der Waals surface area contributed by atoms with Crippen molar-refractivity contribution in [1.29, 1.82) is 0 Å². The lowest BCUT2D eigenvalue weighted by atomic mass is 10.1. The van der Waals surface area contributed by atoms with Crippen LogP contribution in [0.15, 0.2) is 35.2 Å². The smallest absolute Gasteiger partial charge is 0.262 e. The van der Waals surface area contributed by atoms with Crippen molar-refractivity contribution in [1.82, 2.24) is 0 Å². The molecule has 0 radical (unpaired) electrons. The number of sulfonamides is 1. The number of likely N-dealkylation sites (N-methyl/N-ethyl adjacent to an activating group) is 1. The minimum Gasteiger partial charge on any atom is -0.490 e. The molecule has 0 saturated heterocycles. The second-order valence-corrected chi connectivity index (χ2v) is 7.93. The van der Waals surface area contributed by atoms with Crippen LogP contribution in [0, 0.1) is 20.8 Å². The van der Waals surface area contributed by atoms with E-state index in [0.29, 0.717) is 23.6 Å². The van der Waals surface area contributed by atoms with E-state index in [9.17, 15) is 8.42 Å². The van der Waals surface area contributed by atoms with Crippen LogP contribution in [0.4, 0.5) is 11.4 Å². The molecule has 6 heteroatoms. The zero-order valence-electron chi connectivity index (χ0n) is 14.4. The Hall–Kier alpha value is -2.21. The van der Waals surface area contributed by atoms with Crippen LogP contribution in [0.3, 0.4) is 0 Å². The van der Waals surface area contributed by atoms with Gasteiger partial charge >= 0.3 is 0 Å². The lowest BCUT2D eigenvalue weighted by Crippen LogP contribution is -2.29. The number of nitrogens with zero attached hydrogens (tertiary/aromatic N) is 1. The Morgan fingerprint density at radius 2 is 1.83 bits per heavy atom. The van der Waals surface area contributed by atoms with E-state index in [1.807, 2.05) is 39.1 Å². The highest BCUT2D eigenvalue weighted by atomic mass is 32.2. The zero-order chi connectivity index (χ0) is 17.5. The number of hydrogen-bond acceptors (Lipinski definition) is 4. The molecular weight excluding hydrogens is 324 g/mol. The Morgan fingerprint density at radius 3 is 2.54 bits per heavy atom. The van der Waals surface area contributed by atoms with Gasteiger partial charge in [-0.3, -0.25) is 4.72 Å². The molecule has 0 bridgehead atoms. The fourth-order valence-corrected chi connectivity index (χ4v) is 4.27. The molecule has 1 aliphatic rings. The maximum Gasteiger partial charge on any atom is 0.262 e. The fraction of sp³-hybridized carbons (Fsp3) is 0.333. The molecule has 0 unspecified atom stereocenters. The van der Waals surface area contributed by atoms with Crippen LogP contribution in [0.5, 0.6) is 5.75 Å². The molecule has 2 aromatic carbocycles. The summed E-state index contributed by atoms with van der Waals surface area (Å²) in [6, 6.07) is 9.12. The van der Waals surface area contributed by atoms with Crippen molar-refractivity contribution in [3.63, 3.8) is 0 Å². The molecule has 0 atom stereocenters. The predicted octanol–water partition coefficient (Wildman–Crippen LogP) is 3.24. The van der Waals surface area contributed by atoms with Crippen LogP contribution < -0.4 is 14.4 Å². The number of ether oxygens (including phenoxy) is 1. The van der Waals surface area contributed by atoms with Gasteiger partial charge in [-0.1, -0.05) is 17.7 Å². The predicted molar refractivity (Wildman–Crippen MR) is 96.7 cm³/mol. The van der Waals surface area contributed by atoms with Crippen LogP contribution in [0.25, 0.3) is 0 Å². The molecule has 3 rings (SSSR count). The first kappa shape index (κ1) is 16.6. The lowest BCUT2D eigenvalue weighted by molar-refractivity contribution is 0.310. The highest BCUT2D eigenvalue weighted by Gasteiger charge is 2.23. The summed E-state index contributed by atoms with van der Waals surface area (Å²) in [6.45, 7) is 7.02. The molecule has 1 aliphatic heterocycles. The van der Waals surface area contributed by atoms with Crippen LogP contribution in [0.2, 0.25) is 0 Å². The van der Waals surface area contributed by atoms with E-state index in [1.54, 1.807) is 19.1 Å². The molecule has 0 aliphatic carbocycles. The van der Waals surface area contributed by atoms with E-state index in [4.69, 9.17) is 4.74 Å². The third-order valence-electron chi connectivity index (χ3n) is 4.27. The molecule has 24 heavy (non-hydrogen) atoms. The third kappa shape index (κ3) is 3.06. The van der Waals surface area contributed by atoms with E-state index < -0.39 is 10.0 Å². The highest BCUT2D eigenvalue weighted by Crippen LogP contribution is 2.35. The van der Waals surface area contributed by atoms with Crippen molar-refractivity contribution in [3.8, 4) is 5.75 Å². The maximum absolute atomic E-state index is 12.8. The van der Waals surface area contributed by atoms with Crippen LogP contribution in [-0.4, -0.2) is 28.6 Å². The number of benzene rings is 2. The Bertz CT molecular complexity index is 891. The molecule has 0 fully saturated rings. The summed E-state index contributed by atoms with van der Waals surface area (Å²) in [6.07, 6.45) is 0. The normalized spacial score (nSPS) is 14.1.